The van der Waals surface area contributed by atoms with Crippen molar-refractivity contribution in [3.63, 3.8) is 0 Å². The Hall–Kier alpha value is -2.18. The van der Waals surface area contributed by atoms with E-state index in [2.05, 4.69) is 10.6 Å². The number of fused-ring (bicyclic) bond motifs is 1. The van der Waals surface area contributed by atoms with Crippen LogP contribution in [-0.2, 0) is 9.59 Å². The molecule has 0 saturated carbocycles. The summed E-state index contributed by atoms with van der Waals surface area (Å²) in [4.78, 5) is 26.8. The summed E-state index contributed by atoms with van der Waals surface area (Å²) in [6, 6.07) is 3.97. The highest BCUT2D eigenvalue weighted by molar-refractivity contribution is 7.11. The second-order valence-electron chi connectivity index (χ2n) is 5.27. The molecule has 22 heavy (non-hydrogen) atoms. The lowest BCUT2D eigenvalue weighted by atomic mass is 10.1. The summed E-state index contributed by atoms with van der Waals surface area (Å²) in [6.07, 6.45) is 0. The van der Waals surface area contributed by atoms with E-state index in [1.165, 1.54) is 22.7 Å². The van der Waals surface area contributed by atoms with Crippen molar-refractivity contribution in [1.29, 1.82) is 0 Å². The van der Waals surface area contributed by atoms with Gasteiger partial charge in [0.05, 0.1) is 32.3 Å². The molecule has 4 rings (SSSR count). The number of carbonyl (C=O) groups excluding carboxylic acids is 2. The fourth-order valence-corrected chi connectivity index (χ4v) is 4.65. The first-order chi connectivity index (χ1) is 10.6. The number of hydrogen-bond donors (Lipinski definition) is 2. The van der Waals surface area contributed by atoms with Crippen LogP contribution in [0.3, 0.4) is 0 Å². The van der Waals surface area contributed by atoms with Crippen molar-refractivity contribution >= 4 is 45.9 Å². The zero-order valence-electron chi connectivity index (χ0n) is 11.9. The molecule has 0 aliphatic carbocycles. The summed E-state index contributed by atoms with van der Waals surface area (Å²) >= 11 is 3.06. The molecule has 110 valence electrons. The summed E-state index contributed by atoms with van der Waals surface area (Å²) in [5.74, 6) is -0.419. The van der Waals surface area contributed by atoms with E-state index in [-0.39, 0.29) is 11.8 Å². The average molecular weight is 328 g/mol. The molecule has 2 aliphatic rings. The lowest BCUT2D eigenvalue weighted by Gasteiger charge is -2.06. The summed E-state index contributed by atoms with van der Waals surface area (Å²) < 4.78 is 0. The second kappa shape index (κ2) is 4.66. The fraction of sp³-hybridized carbons (Fsp3) is 0.125. The molecular formula is C16H12N2O2S2. The SMILES string of the molecule is Cc1ccsc1C1=C2C(=O)NC(c3sccc3C)=C2C(=O)N1. The minimum Gasteiger partial charge on any atom is -0.320 e. The topological polar surface area (TPSA) is 58.2 Å². The maximum atomic E-state index is 12.4. The van der Waals surface area contributed by atoms with Crippen molar-refractivity contribution in [2.45, 2.75) is 13.8 Å². The number of amides is 2. The van der Waals surface area contributed by atoms with E-state index in [4.69, 9.17) is 0 Å². The fourth-order valence-electron chi connectivity index (χ4n) is 2.78. The Morgan fingerprint density at radius 2 is 1.18 bits per heavy atom. The summed E-state index contributed by atoms with van der Waals surface area (Å²) in [6.45, 7) is 3.95. The van der Waals surface area contributed by atoms with E-state index >= 15 is 0 Å². The van der Waals surface area contributed by atoms with E-state index in [0.29, 0.717) is 22.5 Å². The Morgan fingerprint density at radius 1 is 0.773 bits per heavy atom. The molecule has 2 aromatic heterocycles. The molecule has 0 fully saturated rings. The van der Waals surface area contributed by atoms with Gasteiger partial charge in [-0.3, -0.25) is 9.59 Å². The van der Waals surface area contributed by atoms with E-state index in [9.17, 15) is 9.59 Å². The molecule has 0 bridgehead atoms. The van der Waals surface area contributed by atoms with Crippen LogP contribution in [-0.4, -0.2) is 11.8 Å². The first-order valence-corrected chi connectivity index (χ1v) is 8.54. The lowest BCUT2D eigenvalue weighted by molar-refractivity contribution is -0.117. The minimum absolute atomic E-state index is 0.209. The summed E-state index contributed by atoms with van der Waals surface area (Å²) in [5.41, 5.74) is 4.32. The summed E-state index contributed by atoms with van der Waals surface area (Å²) in [5, 5.41) is 9.68. The molecule has 2 N–H and O–H groups in total. The molecule has 0 spiro atoms. The van der Waals surface area contributed by atoms with Gasteiger partial charge in [0, 0.05) is 0 Å². The van der Waals surface area contributed by atoms with Crippen LogP contribution in [0.15, 0.2) is 34.0 Å². The van der Waals surface area contributed by atoms with Gasteiger partial charge in [0.15, 0.2) is 0 Å². The first-order valence-electron chi connectivity index (χ1n) is 6.78. The van der Waals surface area contributed by atoms with E-state index in [1.54, 1.807) is 0 Å². The van der Waals surface area contributed by atoms with E-state index in [1.807, 2.05) is 36.7 Å². The Balaban J connectivity index is 1.96. The van der Waals surface area contributed by atoms with Crippen LogP contribution in [0, 0.1) is 13.8 Å². The molecule has 2 amide bonds. The van der Waals surface area contributed by atoms with Crippen molar-refractivity contribution < 1.29 is 9.59 Å². The van der Waals surface area contributed by atoms with Crippen molar-refractivity contribution in [2.24, 2.45) is 0 Å². The average Bonchev–Trinajstić information content (AvgIpc) is 3.19. The minimum atomic E-state index is -0.209. The number of rotatable bonds is 2. The third kappa shape index (κ3) is 1.74. The number of thiophene rings is 2. The van der Waals surface area contributed by atoms with Gasteiger partial charge in [-0.25, -0.2) is 0 Å². The molecule has 0 aromatic carbocycles. The Morgan fingerprint density at radius 3 is 1.50 bits per heavy atom. The largest absolute Gasteiger partial charge is 0.320 e. The van der Waals surface area contributed by atoms with E-state index < -0.39 is 0 Å². The van der Waals surface area contributed by atoms with Crippen molar-refractivity contribution in [1.82, 2.24) is 10.6 Å². The van der Waals surface area contributed by atoms with Gasteiger partial charge in [0.25, 0.3) is 11.8 Å². The molecule has 6 heteroatoms. The highest BCUT2D eigenvalue weighted by atomic mass is 32.1. The monoisotopic (exact) mass is 328 g/mol. The van der Waals surface area contributed by atoms with Crippen LogP contribution in [0.5, 0.6) is 0 Å². The van der Waals surface area contributed by atoms with Crippen molar-refractivity contribution in [3.05, 3.63) is 54.9 Å². The Bertz CT molecular complexity index is 825. The third-order valence-corrected chi connectivity index (χ3v) is 5.93. The third-order valence-electron chi connectivity index (χ3n) is 3.86. The molecule has 0 unspecified atom stereocenters. The molecule has 0 radical (unpaired) electrons. The van der Waals surface area contributed by atoms with Gasteiger partial charge < -0.3 is 10.6 Å². The van der Waals surface area contributed by atoms with Gasteiger partial charge >= 0.3 is 0 Å². The van der Waals surface area contributed by atoms with Crippen molar-refractivity contribution in [3.8, 4) is 0 Å². The van der Waals surface area contributed by atoms with Gasteiger partial charge in [-0.15, -0.1) is 22.7 Å². The Kier molecular flexibility index (Phi) is 2.85. The number of hydrogen-bond acceptors (Lipinski definition) is 4. The number of aryl methyl sites for hydroxylation is 2. The van der Waals surface area contributed by atoms with Crippen LogP contribution in [0.1, 0.15) is 20.9 Å². The standard InChI is InChI=1S/C16H12N2O2S2/c1-7-3-5-21-13(7)11-9-10(16(20)17-11)12(18-15(9)19)14-8(2)4-6-22-14/h3-6H,1-2H3,(H,17,20)(H,18,19). The molecule has 4 nitrogen and oxygen atoms in total. The van der Waals surface area contributed by atoms with Gasteiger partial charge in [-0.2, -0.15) is 0 Å². The van der Waals surface area contributed by atoms with Crippen LogP contribution >= 0.6 is 22.7 Å². The normalized spacial score (nSPS) is 17.2. The predicted octanol–water partition coefficient (Wildman–Crippen LogP) is 2.81. The predicted molar refractivity (Wildman–Crippen MR) is 88.2 cm³/mol. The highest BCUT2D eigenvalue weighted by Crippen LogP contribution is 2.40. The van der Waals surface area contributed by atoms with Crippen LogP contribution in [0.25, 0.3) is 11.4 Å². The molecule has 4 heterocycles. The molecule has 2 aliphatic heterocycles. The van der Waals surface area contributed by atoms with Gasteiger partial charge in [0.2, 0.25) is 0 Å². The van der Waals surface area contributed by atoms with Crippen LogP contribution in [0.4, 0.5) is 0 Å². The van der Waals surface area contributed by atoms with E-state index in [0.717, 1.165) is 20.9 Å². The highest BCUT2D eigenvalue weighted by Gasteiger charge is 2.41. The lowest BCUT2D eigenvalue weighted by Crippen LogP contribution is -2.21. The van der Waals surface area contributed by atoms with Crippen LogP contribution < -0.4 is 10.6 Å². The first kappa shape index (κ1) is 13.5. The number of carbonyl (C=O) groups is 2. The van der Waals surface area contributed by atoms with Crippen molar-refractivity contribution in [2.75, 3.05) is 0 Å². The zero-order chi connectivity index (χ0) is 15.4. The quantitative estimate of drug-likeness (QED) is 0.890. The zero-order valence-corrected chi connectivity index (χ0v) is 13.6. The second-order valence-corrected chi connectivity index (χ2v) is 7.11. The smallest absolute Gasteiger partial charge is 0.258 e. The van der Waals surface area contributed by atoms with Crippen LogP contribution in [0.2, 0.25) is 0 Å². The summed E-state index contributed by atoms with van der Waals surface area (Å²) in [7, 11) is 0. The Labute approximate surface area is 135 Å². The molecular weight excluding hydrogens is 316 g/mol. The maximum absolute atomic E-state index is 12.4. The van der Waals surface area contributed by atoms with Gasteiger partial charge in [0.1, 0.15) is 0 Å². The van der Waals surface area contributed by atoms with Gasteiger partial charge in [-0.1, -0.05) is 0 Å². The van der Waals surface area contributed by atoms with Gasteiger partial charge in [-0.05, 0) is 47.9 Å². The molecule has 0 atom stereocenters. The molecule has 2 aromatic rings. The number of nitrogens with one attached hydrogen (secondary N) is 2. The molecule has 0 saturated heterocycles. The maximum Gasteiger partial charge on any atom is 0.258 e.